The van der Waals surface area contributed by atoms with Crippen molar-refractivity contribution in [2.75, 3.05) is 0 Å². The minimum atomic E-state index is -3.71. The molecule has 0 saturated carbocycles. The molecule has 1 aliphatic rings. The van der Waals surface area contributed by atoms with Gasteiger partial charge in [-0.3, -0.25) is 0 Å². The van der Waals surface area contributed by atoms with Crippen LogP contribution in [-0.4, -0.2) is 17.5 Å². The summed E-state index contributed by atoms with van der Waals surface area (Å²) < 4.78 is 35.3. The van der Waals surface area contributed by atoms with Crippen LogP contribution in [-0.2, 0) is 6.42 Å². The van der Waals surface area contributed by atoms with Crippen LogP contribution in [0.1, 0.15) is 17.2 Å². The molecule has 0 bridgehead atoms. The first-order valence-electron chi connectivity index (χ1n) is 6.82. The SMILES string of the molecule is Cl.N[C@H](c1cccc2c1OC(F)(F)O2)[C@@H](O)Cc1ccccc1. The maximum atomic E-state index is 13.2. The molecule has 23 heavy (non-hydrogen) atoms. The Morgan fingerprint density at radius 2 is 1.74 bits per heavy atom. The standard InChI is InChI=1S/C16H15F2NO3.ClH/c17-16(18)21-13-8-4-7-11(15(13)22-16)14(19)12(20)9-10-5-2-1-3-6-10;/h1-8,12,14,20H,9,19H2;1H/t12-,14+;/m0./s1. The third kappa shape index (κ3) is 3.72. The van der Waals surface area contributed by atoms with Gasteiger partial charge in [-0.05, 0) is 11.6 Å². The second-order valence-corrected chi connectivity index (χ2v) is 5.12. The zero-order valence-electron chi connectivity index (χ0n) is 12.0. The van der Waals surface area contributed by atoms with Crippen LogP contribution in [0.3, 0.4) is 0 Å². The van der Waals surface area contributed by atoms with E-state index in [1.807, 2.05) is 30.3 Å². The summed E-state index contributed by atoms with van der Waals surface area (Å²) in [6.07, 6.45) is -4.34. The van der Waals surface area contributed by atoms with E-state index < -0.39 is 18.4 Å². The highest BCUT2D eigenvalue weighted by molar-refractivity contribution is 5.85. The summed E-state index contributed by atoms with van der Waals surface area (Å²) in [4.78, 5) is 0. The molecular formula is C16H16ClF2NO3. The molecule has 1 aliphatic heterocycles. The predicted molar refractivity (Wildman–Crippen MR) is 83.0 cm³/mol. The number of fused-ring (bicyclic) bond motifs is 1. The summed E-state index contributed by atoms with van der Waals surface area (Å²) in [5.41, 5.74) is 7.21. The van der Waals surface area contributed by atoms with Crippen molar-refractivity contribution < 1.29 is 23.4 Å². The number of para-hydroxylation sites is 1. The Hall–Kier alpha value is -1.89. The Balaban J connectivity index is 0.00000192. The number of hydrogen-bond acceptors (Lipinski definition) is 4. The summed E-state index contributed by atoms with van der Waals surface area (Å²) in [6, 6.07) is 12.9. The van der Waals surface area contributed by atoms with Crippen molar-refractivity contribution in [1.29, 1.82) is 0 Å². The minimum absolute atomic E-state index is 0. The van der Waals surface area contributed by atoms with Crippen LogP contribution in [0.15, 0.2) is 48.5 Å². The smallest absolute Gasteiger partial charge is 0.395 e. The molecule has 0 aromatic heterocycles. The second-order valence-electron chi connectivity index (χ2n) is 5.12. The number of ether oxygens (including phenoxy) is 2. The molecule has 1 heterocycles. The first-order chi connectivity index (χ1) is 10.5. The van der Waals surface area contributed by atoms with E-state index in [0.717, 1.165) is 5.56 Å². The van der Waals surface area contributed by atoms with Crippen LogP contribution in [0, 0.1) is 0 Å². The van der Waals surface area contributed by atoms with Crippen molar-refractivity contribution in [1.82, 2.24) is 0 Å². The average Bonchev–Trinajstić information content (AvgIpc) is 2.81. The molecule has 7 heteroatoms. The summed E-state index contributed by atoms with van der Waals surface area (Å²) in [5.74, 6) is -0.197. The monoisotopic (exact) mass is 343 g/mol. The molecule has 124 valence electrons. The van der Waals surface area contributed by atoms with Crippen molar-refractivity contribution in [2.45, 2.75) is 24.9 Å². The normalized spacial score (nSPS) is 17.2. The number of hydrogen-bond donors (Lipinski definition) is 2. The van der Waals surface area contributed by atoms with Gasteiger partial charge < -0.3 is 20.3 Å². The van der Waals surface area contributed by atoms with Gasteiger partial charge in [-0.15, -0.1) is 21.2 Å². The summed E-state index contributed by atoms with van der Waals surface area (Å²) in [7, 11) is 0. The fourth-order valence-electron chi connectivity index (χ4n) is 2.44. The molecule has 0 saturated heterocycles. The van der Waals surface area contributed by atoms with E-state index in [2.05, 4.69) is 9.47 Å². The molecule has 0 spiro atoms. The first kappa shape index (κ1) is 17.5. The van der Waals surface area contributed by atoms with Crippen molar-refractivity contribution in [3.63, 3.8) is 0 Å². The zero-order chi connectivity index (χ0) is 15.7. The van der Waals surface area contributed by atoms with Crippen LogP contribution in [0.4, 0.5) is 8.78 Å². The van der Waals surface area contributed by atoms with Crippen LogP contribution in [0.25, 0.3) is 0 Å². The van der Waals surface area contributed by atoms with Gasteiger partial charge in [0.1, 0.15) is 0 Å². The molecule has 2 atom stereocenters. The molecule has 0 radical (unpaired) electrons. The van der Waals surface area contributed by atoms with E-state index in [0.29, 0.717) is 6.42 Å². The van der Waals surface area contributed by atoms with E-state index in [1.165, 1.54) is 12.1 Å². The molecule has 2 aromatic rings. The van der Waals surface area contributed by atoms with Crippen molar-refractivity contribution in [2.24, 2.45) is 5.73 Å². The lowest BCUT2D eigenvalue weighted by molar-refractivity contribution is -0.287. The number of nitrogens with two attached hydrogens (primary N) is 1. The molecule has 4 nitrogen and oxygen atoms in total. The van der Waals surface area contributed by atoms with Crippen LogP contribution < -0.4 is 15.2 Å². The Morgan fingerprint density at radius 1 is 1.04 bits per heavy atom. The van der Waals surface area contributed by atoms with Gasteiger partial charge >= 0.3 is 6.29 Å². The highest BCUT2D eigenvalue weighted by Crippen LogP contribution is 2.45. The maximum absolute atomic E-state index is 13.2. The Bertz CT molecular complexity index is 670. The number of rotatable bonds is 4. The molecule has 0 fully saturated rings. The van der Waals surface area contributed by atoms with E-state index in [4.69, 9.17) is 5.73 Å². The van der Waals surface area contributed by atoms with E-state index in [9.17, 15) is 13.9 Å². The summed E-state index contributed by atoms with van der Waals surface area (Å²) in [6.45, 7) is 0. The zero-order valence-corrected chi connectivity index (χ0v) is 12.8. The quantitative estimate of drug-likeness (QED) is 0.895. The third-order valence-corrected chi connectivity index (χ3v) is 3.52. The molecular weight excluding hydrogens is 328 g/mol. The lowest BCUT2D eigenvalue weighted by atomic mass is 9.96. The average molecular weight is 344 g/mol. The summed E-state index contributed by atoms with van der Waals surface area (Å²) >= 11 is 0. The number of aliphatic hydroxyl groups is 1. The molecule has 2 aromatic carbocycles. The Kier molecular flexibility index (Phi) is 5.09. The lowest BCUT2D eigenvalue weighted by Gasteiger charge is -2.20. The van der Waals surface area contributed by atoms with Crippen LogP contribution in [0.5, 0.6) is 11.5 Å². The van der Waals surface area contributed by atoms with E-state index >= 15 is 0 Å². The van der Waals surface area contributed by atoms with Gasteiger partial charge in [0.05, 0.1) is 12.1 Å². The minimum Gasteiger partial charge on any atom is -0.395 e. The van der Waals surface area contributed by atoms with Crippen LogP contribution >= 0.6 is 12.4 Å². The van der Waals surface area contributed by atoms with Crippen molar-refractivity contribution >= 4 is 12.4 Å². The fourth-order valence-corrected chi connectivity index (χ4v) is 2.44. The van der Waals surface area contributed by atoms with Gasteiger partial charge in [-0.2, -0.15) is 0 Å². The largest absolute Gasteiger partial charge is 0.586 e. The molecule has 0 amide bonds. The summed E-state index contributed by atoms with van der Waals surface area (Å²) in [5, 5.41) is 10.3. The van der Waals surface area contributed by atoms with Crippen molar-refractivity contribution in [3.8, 4) is 11.5 Å². The van der Waals surface area contributed by atoms with Gasteiger partial charge in [-0.25, -0.2) is 0 Å². The number of halogens is 3. The number of alkyl halides is 2. The van der Waals surface area contributed by atoms with Gasteiger partial charge in [0.2, 0.25) is 0 Å². The molecule has 0 unspecified atom stereocenters. The maximum Gasteiger partial charge on any atom is 0.586 e. The van der Waals surface area contributed by atoms with Gasteiger partial charge in [0.25, 0.3) is 0 Å². The predicted octanol–water partition coefficient (Wildman–Crippen LogP) is 3.03. The topological polar surface area (TPSA) is 64.7 Å². The van der Waals surface area contributed by atoms with E-state index in [-0.39, 0.29) is 29.5 Å². The molecule has 3 N–H and O–H groups in total. The second kappa shape index (κ2) is 6.70. The molecule has 3 rings (SSSR count). The highest BCUT2D eigenvalue weighted by Gasteiger charge is 2.45. The van der Waals surface area contributed by atoms with Crippen molar-refractivity contribution in [3.05, 3.63) is 59.7 Å². The molecule has 0 aliphatic carbocycles. The highest BCUT2D eigenvalue weighted by atomic mass is 35.5. The Morgan fingerprint density at radius 3 is 2.43 bits per heavy atom. The number of benzene rings is 2. The Labute approximate surface area is 138 Å². The van der Waals surface area contributed by atoms with Gasteiger partial charge in [0.15, 0.2) is 11.5 Å². The first-order valence-corrected chi connectivity index (χ1v) is 6.82. The lowest BCUT2D eigenvalue weighted by Crippen LogP contribution is -2.29. The third-order valence-electron chi connectivity index (χ3n) is 3.52. The van der Waals surface area contributed by atoms with Gasteiger partial charge in [-0.1, -0.05) is 42.5 Å². The van der Waals surface area contributed by atoms with Crippen LogP contribution in [0.2, 0.25) is 0 Å². The number of aliphatic hydroxyl groups excluding tert-OH is 1. The van der Waals surface area contributed by atoms with Gasteiger partial charge in [0, 0.05) is 12.0 Å². The fraction of sp³-hybridized carbons (Fsp3) is 0.250. The van der Waals surface area contributed by atoms with E-state index in [1.54, 1.807) is 6.07 Å².